The summed E-state index contributed by atoms with van der Waals surface area (Å²) in [5, 5.41) is 0. The summed E-state index contributed by atoms with van der Waals surface area (Å²) in [6.07, 6.45) is 18.3. The number of hydrogen-bond acceptors (Lipinski definition) is 2. The van der Waals surface area contributed by atoms with E-state index in [-0.39, 0.29) is 5.41 Å². The summed E-state index contributed by atoms with van der Waals surface area (Å²) in [4.78, 5) is 24.8. The smallest absolute Gasteiger partial charge is 0.139 e. The second-order valence-corrected chi connectivity index (χ2v) is 9.22. The molecule has 0 aromatic rings. The van der Waals surface area contributed by atoms with Gasteiger partial charge in [0.2, 0.25) is 0 Å². The molecule has 0 saturated heterocycles. The number of fused-ring (bicyclic) bond motifs is 4. The van der Waals surface area contributed by atoms with Crippen LogP contribution >= 0.6 is 0 Å². The Bertz CT molecular complexity index is 641. The molecule has 2 nitrogen and oxygen atoms in total. The summed E-state index contributed by atoms with van der Waals surface area (Å²) in [6.45, 7) is 2.23. The largest absolute Gasteiger partial charge is 0.300 e. The SMILES string of the molecule is CCCCC=CC[C@]12CCC3=C4CCC(=O)CC4CC[C@H]3[C@@H]1CCC2=O. The van der Waals surface area contributed by atoms with Crippen molar-refractivity contribution in [3.63, 3.8) is 0 Å². The molecule has 4 aliphatic carbocycles. The molecular formula is C24H34O2. The fourth-order valence-corrected chi connectivity index (χ4v) is 6.65. The van der Waals surface area contributed by atoms with Crippen LogP contribution in [0.5, 0.6) is 0 Å². The third kappa shape index (κ3) is 3.04. The van der Waals surface area contributed by atoms with Gasteiger partial charge in [-0.2, -0.15) is 0 Å². The maximum absolute atomic E-state index is 13.0. The molecule has 3 saturated carbocycles. The molecule has 4 aliphatic rings. The van der Waals surface area contributed by atoms with Gasteiger partial charge in [0.25, 0.3) is 0 Å². The Labute approximate surface area is 158 Å². The minimum atomic E-state index is -0.0607. The van der Waals surface area contributed by atoms with Gasteiger partial charge in [-0.05, 0) is 69.1 Å². The molecule has 0 heterocycles. The van der Waals surface area contributed by atoms with Crippen LogP contribution in [0.4, 0.5) is 0 Å². The highest BCUT2D eigenvalue weighted by Gasteiger charge is 2.55. The maximum atomic E-state index is 13.0. The number of carbonyl (C=O) groups is 2. The van der Waals surface area contributed by atoms with Crippen molar-refractivity contribution in [2.24, 2.45) is 23.2 Å². The van der Waals surface area contributed by atoms with Gasteiger partial charge in [-0.1, -0.05) is 43.1 Å². The standard InChI is InChI=1S/C24H34O2/c1-2-3-4-5-6-14-24-15-13-20-19-10-8-18(25)16-17(19)7-9-21(20)22(24)11-12-23(24)26/h5-6,17,21-22H,2-4,7-16H2,1H3/t17?,21-,22+,24+/m1/s1. The van der Waals surface area contributed by atoms with E-state index in [1.807, 2.05) is 0 Å². The van der Waals surface area contributed by atoms with Gasteiger partial charge < -0.3 is 0 Å². The Morgan fingerprint density at radius 2 is 1.88 bits per heavy atom. The lowest BCUT2D eigenvalue weighted by Gasteiger charge is -2.49. The van der Waals surface area contributed by atoms with E-state index in [9.17, 15) is 9.59 Å². The summed E-state index contributed by atoms with van der Waals surface area (Å²) in [7, 11) is 0. The quantitative estimate of drug-likeness (QED) is 0.451. The molecule has 0 aromatic heterocycles. The highest BCUT2D eigenvalue weighted by atomic mass is 16.1. The number of Topliss-reactive ketones (excluding diaryl/α,β-unsaturated/α-hetero) is 2. The molecule has 0 amide bonds. The van der Waals surface area contributed by atoms with Crippen LogP contribution in [0, 0.1) is 23.2 Å². The number of ketones is 2. The van der Waals surface area contributed by atoms with Gasteiger partial charge in [0.1, 0.15) is 11.6 Å². The number of unbranched alkanes of at least 4 members (excludes halogenated alkanes) is 2. The molecule has 0 aliphatic heterocycles. The van der Waals surface area contributed by atoms with Crippen LogP contribution < -0.4 is 0 Å². The first-order chi connectivity index (χ1) is 12.7. The van der Waals surface area contributed by atoms with Crippen molar-refractivity contribution in [2.75, 3.05) is 0 Å². The van der Waals surface area contributed by atoms with Crippen molar-refractivity contribution in [3.8, 4) is 0 Å². The van der Waals surface area contributed by atoms with E-state index in [2.05, 4.69) is 19.1 Å². The molecule has 0 aromatic carbocycles. The zero-order valence-corrected chi connectivity index (χ0v) is 16.4. The monoisotopic (exact) mass is 354 g/mol. The van der Waals surface area contributed by atoms with Crippen molar-refractivity contribution >= 4 is 11.6 Å². The molecule has 0 radical (unpaired) electrons. The van der Waals surface area contributed by atoms with Gasteiger partial charge in [-0.15, -0.1) is 0 Å². The zero-order chi connectivity index (χ0) is 18.1. The van der Waals surface area contributed by atoms with Crippen LogP contribution in [0.3, 0.4) is 0 Å². The van der Waals surface area contributed by atoms with E-state index in [0.29, 0.717) is 29.3 Å². The first kappa shape index (κ1) is 18.2. The number of hydrogen-bond donors (Lipinski definition) is 0. The Morgan fingerprint density at radius 1 is 1.00 bits per heavy atom. The molecular weight excluding hydrogens is 320 g/mol. The number of rotatable bonds is 5. The summed E-state index contributed by atoms with van der Waals surface area (Å²) < 4.78 is 0. The lowest BCUT2D eigenvalue weighted by atomic mass is 9.55. The van der Waals surface area contributed by atoms with E-state index in [0.717, 1.165) is 57.8 Å². The normalized spacial score (nSPS) is 37.0. The predicted octanol–water partition coefficient (Wildman–Crippen LogP) is 5.96. The fraction of sp³-hybridized carbons (Fsp3) is 0.750. The van der Waals surface area contributed by atoms with Crippen LogP contribution in [0.1, 0.15) is 90.4 Å². The van der Waals surface area contributed by atoms with Gasteiger partial charge in [-0.25, -0.2) is 0 Å². The van der Waals surface area contributed by atoms with Gasteiger partial charge in [0.05, 0.1) is 0 Å². The van der Waals surface area contributed by atoms with E-state index in [1.165, 1.54) is 25.7 Å². The number of allylic oxidation sites excluding steroid dienone is 4. The van der Waals surface area contributed by atoms with Crippen molar-refractivity contribution in [3.05, 3.63) is 23.3 Å². The predicted molar refractivity (Wildman–Crippen MR) is 105 cm³/mol. The zero-order valence-electron chi connectivity index (χ0n) is 16.4. The Balaban J connectivity index is 1.56. The molecule has 0 N–H and O–H groups in total. The molecule has 3 fully saturated rings. The Hall–Kier alpha value is -1.18. The number of carbonyl (C=O) groups excluding carboxylic acids is 2. The van der Waals surface area contributed by atoms with Crippen molar-refractivity contribution in [2.45, 2.75) is 90.4 Å². The van der Waals surface area contributed by atoms with E-state index >= 15 is 0 Å². The molecule has 0 bridgehead atoms. The second kappa shape index (κ2) is 7.44. The molecule has 2 heteroatoms. The van der Waals surface area contributed by atoms with Crippen LogP contribution in [-0.2, 0) is 9.59 Å². The van der Waals surface area contributed by atoms with Crippen molar-refractivity contribution in [1.82, 2.24) is 0 Å². The average molecular weight is 355 g/mol. The topological polar surface area (TPSA) is 34.1 Å². The van der Waals surface area contributed by atoms with Crippen LogP contribution in [0.25, 0.3) is 0 Å². The maximum Gasteiger partial charge on any atom is 0.139 e. The molecule has 142 valence electrons. The third-order valence-electron chi connectivity index (χ3n) is 7.97. The summed E-state index contributed by atoms with van der Waals surface area (Å²) >= 11 is 0. The van der Waals surface area contributed by atoms with E-state index in [1.54, 1.807) is 11.1 Å². The van der Waals surface area contributed by atoms with E-state index in [4.69, 9.17) is 0 Å². The third-order valence-corrected chi connectivity index (χ3v) is 7.97. The minimum Gasteiger partial charge on any atom is -0.300 e. The van der Waals surface area contributed by atoms with E-state index < -0.39 is 0 Å². The Morgan fingerprint density at radius 3 is 2.73 bits per heavy atom. The first-order valence-electron chi connectivity index (χ1n) is 11.1. The fourth-order valence-electron chi connectivity index (χ4n) is 6.65. The summed E-state index contributed by atoms with van der Waals surface area (Å²) in [5.41, 5.74) is 3.28. The molecule has 26 heavy (non-hydrogen) atoms. The van der Waals surface area contributed by atoms with Gasteiger partial charge in [-0.3, -0.25) is 9.59 Å². The summed E-state index contributed by atoms with van der Waals surface area (Å²) in [6, 6.07) is 0. The van der Waals surface area contributed by atoms with Gasteiger partial charge in [0.15, 0.2) is 0 Å². The van der Waals surface area contributed by atoms with Gasteiger partial charge >= 0.3 is 0 Å². The lowest BCUT2D eigenvalue weighted by Crippen LogP contribution is -2.43. The molecule has 1 unspecified atom stereocenters. The highest BCUT2D eigenvalue weighted by molar-refractivity contribution is 5.88. The second-order valence-electron chi connectivity index (χ2n) is 9.22. The van der Waals surface area contributed by atoms with Crippen molar-refractivity contribution in [1.29, 1.82) is 0 Å². The Kier molecular flexibility index (Phi) is 5.21. The first-order valence-corrected chi connectivity index (χ1v) is 11.1. The molecule has 4 atom stereocenters. The van der Waals surface area contributed by atoms with Crippen LogP contribution in [-0.4, -0.2) is 11.6 Å². The lowest BCUT2D eigenvalue weighted by molar-refractivity contribution is -0.129. The summed E-state index contributed by atoms with van der Waals surface area (Å²) in [5.74, 6) is 2.77. The minimum absolute atomic E-state index is 0.0607. The highest BCUT2D eigenvalue weighted by Crippen LogP contribution is 2.60. The molecule has 4 rings (SSSR count). The molecule has 0 spiro atoms. The van der Waals surface area contributed by atoms with Crippen molar-refractivity contribution < 1.29 is 9.59 Å². The van der Waals surface area contributed by atoms with Gasteiger partial charge in [0, 0.05) is 24.7 Å². The average Bonchev–Trinajstić information content (AvgIpc) is 2.98. The van der Waals surface area contributed by atoms with Crippen LogP contribution in [0.15, 0.2) is 23.3 Å². The van der Waals surface area contributed by atoms with Crippen LogP contribution in [0.2, 0.25) is 0 Å².